The molecule has 0 aromatic heterocycles. The summed E-state index contributed by atoms with van der Waals surface area (Å²) in [7, 11) is -3.49. The van der Waals surface area contributed by atoms with Crippen LogP contribution in [0.2, 0.25) is 0 Å². The van der Waals surface area contributed by atoms with Crippen molar-refractivity contribution in [3.63, 3.8) is 0 Å². The summed E-state index contributed by atoms with van der Waals surface area (Å²) in [5, 5.41) is 0. The van der Waals surface area contributed by atoms with Gasteiger partial charge >= 0.3 is 0 Å². The van der Waals surface area contributed by atoms with E-state index in [1.807, 2.05) is 51.1 Å². The van der Waals surface area contributed by atoms with Crippen LogP contribution in [-0.4, -0.2) is 38.0 Å². The van der Waals surface area contributed by atoms with E-state index in [4.69, 9.17) is 4.74 Å². The zero-order chi connectivity index (χ0) is 14.8. The van der Waals surface area contributed by atoms with E-state index >= 15 is 0 Å². The van der Waals surface area contributed by atoms with Gasteiger partial charge in [-0.05, 0) is 26.3 Å². The van der Waals surface area contributed by atoms with Gasteiger partial charge in [0.05, 0.1) is 12.2 Å². The van der Waals surface area contributed by atoms with Crippen LogP contribution in [0.15, 0.2) is 30.3 Å². The van der Waals surface area contributed by atoms with Crippen molar-refractivity contribution in [2.45, 2.75) is 39.0 Å². The lowest BCUT2D eigenvalue weighted by atomic mass is 10.1. The first kappa shape index (κ1) is 15.4. The summed E-state index contributed by atoms with van der Waals surface area (Å²) in [5.41, 5.74) is 0.949. The first-order valence-corrected chi connectivity index (χ1v) is 8.30. The van der Waals surface area contributed by atoms with Gasteiger partial charge in [-0.1, -0.05) is 30.3 Å². The minimum atomic E-state index is -3.49. The predicted molar refractivity (Wildman–Crippen MR) is 78.5 cm³/mol. The summed E-state index contributed by atoms with van der Waals surface area (Å²) in [6.45, 7) is 6.40. The average Bonchev–Trinajstić information content (AvgIpc) is 2.38. The highest BCUT2D eigenvalue weighted by atomic mass is 32.2. The number of nitrogens with zero attached hydrogens (tertiary/aromatic N) is 1. The second kappa shape index (κ2) is 6.22. The van der Waals surface area contributed by atoms with Crippen molar-refractivity contribution < 1.29 is 13.2 Å². The highest BCUT2D eigenvalue weighted by Gasteiger charge is 2.31. The Morgan fingerprint density at radius 3 is 2.30 bits per heavy atom. The molecule has 3 atom stereocenters. The molecule has 0 saturated carbocycles. The maximum Gasteiger partial charge on any atom is 0.280 e. The van der Waals surface area contributed by atoms with Gasteiger partial charge in [0.25, 0.3) is 10.2 Å². The molecule has 1 aliphatic heterocycles. The normalized spacial score (nSPS) is 26.4. The number of benzene rings is 1. The fourth-order valence-corrected chi connectivity index (χ4v) is 3.98. The third kappa shape index (κ3) is 3.79. The second-order valence-electron chi connectivity index (χ2n) is 5.33. The van der Waals surface area contributed by atoms with Crippen LogP contribution in [0, 0.1) is 0 Å². The van der Waals surface area contributed by atoms with Gasteiger partial charge in [-0.25, -0.2) is 0 Å². The van der Waals surface area contributed by atoms with Crippen molar-refractivity contribution in [1.82, 2.24) is 9.03 Å². The van der Waals surface area contributed by atoms with E-state index in [-0.39, 0.29) is 18.2 Å². The largest absolute Gasteiger partial charge is 0.373 e. The Morgan fingerprint density at radius 1 is 1.20 bits per heavy atom. The molecule has 0 bridgehead atoms. The molecule has 20 heavy (non-hydrogen) atoms. The van der Waals surface area contributed by atoms with E-state index in [1.54, 1.807) is 0 Å². The summed E-state index contributed by atoms with van der Waals surface area (Å²) < 4.78 is 34.6. The van der Waals surface area contributed by atoms with Crippen molar-refractivity contribution in [3.8, 4) is 0 Å². The molecule has 1 aromatic rings. The highest BCUT2D eigenvalue weighted by Crippen LogP contribution is 2.17. The fraction of sp³-hybridized carbons (Fsp3) is 0.571. The maximum absolute atomic E-state index is 12.4. The van der Waals surface area contributed by atoms with Crippen molar-refractivity contribution >= 4 is 10.2 Å². The number of morpholine rings is 1. The summed E-state index contributed by atoms with van der Waals surface area (Å²) in [4.78, 5) is 0. The summed E-state index contributed by atoms with van der Waals surface area (Å²) in [6.07, 6.45) is -0.162. The number of hydrogen-bond acceptors (Lipinski definition) is 3. The van der Waals surface area contributed by atoms with Gasteiger partial charge < -0.3 is 4.74 Å². The molecule has 3 unspecified atom stereocenters. The molecule has 112 valence electrons. The van der Waals surface area contributed by atoms with E-state index in [2.05, 4.69) is 4.72 Å². The SMILES string of the molecule is CC1CN(S(=O)(=O)NC(C)c2ccccc2)CC(C)O1. The zero-order valence-electron chi connectivity index (χ0n) is 12.1. The molecule has 0 aliphatic carbocycles. The Kier molecular flexibility index (Phi) is 4.80. The van der Waals surface area contributed by atoms with Crippen LogP contribution in [0.1, 0.15) is 32.4 Å². The van der Waals surface area contributed by atoms with Crippen LogP contribution in [0.5, 0.6) is 0 Å². The maximum atomic E-state index is 12.4. The number of rotatable bonds is 4. The van der Waals surface area contributed by atoms with Crippen LogP contribution in [-0.2, 0) is 14.9 Å². The average molecular weight is 298 g/mol. The lowest BCUT2D eigenvalue weighted by molar-refractivity contribution is -0.0444. The molecule has 0 radical (unpaired) electrons. The number of nitrogens with one attached hydrogen (secondary N) is 1. The van der Waals surface area contributed by atoms with Crippen LogP contribution in [0.3, 0.4) is 0 Å². The Balaban J connectivity index is 2.07. The third-order valence-corrected chi connectivity index (χ3v) is 4.98. The van der Waals surface area contributed by atoms with Crippen molar-refractivity contribution in [2.75, 3.05) is 13.1 Å². The molecule has 1 saturated heterocycles. The van der Waals surface area contributed by atoms with Gasteiger partial charge in [-0.15, -0.1) is 0 Å². The lowest BCUT2D eigenvalue weighted by Gasteiger charge is -2.35. The zero-order valence-corrected chi connectivity index (χ0v) is 12.9. The molecule has 0 amide bonds. The Labute approximate surface area is 121 Å². The highest BCUT2D eigenvalue weighted by molar-refractivity contribution is 7.87. The van der Waals surface area contributed by atoms with Gasteiger partial charge in [-0.2, -0.15) is 17.4 Å². The molecule has 2 rings (SSSR count). The van der Waals surface area contributed by atoms with Crippen LogP contribution < -0.4 is 4.72 Å². The molecule has 1 aliphatic rings. The number of ether oxygens (including phenoxy) is 1. The monoisotopic (exact) mass is 298 g/mol. The van der Waals surface area contributed by atoms with Gasteiger partial charge in [0, 0.05) is 19.1 Å². The molecule has 1 fully saturated rings. The molecule has 5 nitrogen and oxygen atoms in total. The molecular weight excluding hydrogens is 276 g/mol. The molecular formula is C14H22N2O3S. The smallest absolute Gasteiger partial charge is 0.280 e. The van der Waals surface area contributed by atoms with E-state index in [9.17, 15) is 8.42 Å². The first-order chi connectivity index (χ1) is 9.38. The molecule has 1 N–H and O–H groups in total. The quantitative estimate of drug-likeness (QED) is 0.920. The summed E-state index contributed by atoms with van der Waals surface area (Å²) in [5.74, 6) is 0. The van der Waals surface area contributed by atoms with Crippen molar-refractivity contribution in [1.29, 1.82) is 0 Å². The second-order valence-corrected chi connectivity index (χ2v) is 7.03. The van der Waals surface area contributed by atoms with Crippen molar-refractivity contribution in [2.24, 2.45) is 0 Å². The van der Waals surface area contributed by atoms with E-state index in [0.717, 1.165) is 5.56 Å². The fourth-order valence-electron chi connectivity index (χ4n) is 2.43. The van der Waals surface area contributed by atoms with Gasteiger partial charge in [0.15, 0.2) is 0 Å². The predicted octanol–water partition coefficient (Wildman–Crippen LogP) is 1.69. The Morgan fingerprint density at radius 2 is 1.75 bits per heavy atom. The van der Waals surface area contributed by atoms with Crippen molar-refractivity contribution in [3.05, 3.63) is 35.9 Å². The minimum Gasteiger partial charge on any atom is -0.373 e. The topological polar surface area (TPSA) is 58.6 Å². The van der Waals surface area contributed by atoms with Crippen LogP contribution >= 0.6 is 0 Å². The van der Waals surface area contributed by atoms with E-state index in [1.165, 1.54) is 4.31 Å². The Bertz CT molecular complexity index is 523. The Hall–Kier alpha value is -0.950. The standard InChI is InChI=1S/C14H22N2O3S/c1-11-9-16(10-12(2)19-11)20(17,18)15-13(3)14-7-5-4-6-8-14/h4-8,11-13,15H,9-10H2,1-3H3. The molecule has 1 aromatic carbocycles. The summed E-state index contributed by atoms with van der Waals surface area (Å²) >= 11 is 0. The minimum absolute atomic E-state index is 0.0812. The van der Waals surface area contributed by atoms with Gasteiger partial charge in [0.2, 0.25) is 0 Å². The van der Waals surface area contributed by atoms with Gasteiger partial charge in [-0.3, -0.25) is 0 Å². The molecule has 1 heterocycles. The first-order valence-electron chi connectivity index (χ1n) is 6.86. The lowest BCUT2D eigenvalue weighted by Crippen LogP contribution is -2.52. The van der Waals surface area contributed by atoms with E-state index in [0.29, 0.717) is 13.1 Å². The van der Waals surface area contributed by atoms with Crippen LogP contribution in [0.25, 0.3) is 0 Å². The third-order valence-electron chi connectivity index (χ3n) is 3.35. The molecule has 6 heteroatoms. The summed E-state index contributed by atoms with van der Waals surface area (Å²) in [6, 6.07) is 9.29. The molecule has 0 spiro atoms. The number of hydrogen-bond donors (Lipinski definition) is 1. The van der Waals surface area contributed by atoms with Crippen LogP contribution in [0.4, 0.5) is 0 Å². The van der Waals surface area contributed by atoms with E-state index < -0.39 is 10.2 Å². The van der Waals surface area contributed by atoms with Gasteiger partial charge in [0.1, 0.15) is 0 Å².